The third-order valence-electron chi connectivity index (χ3n) is 3.50. The maximum absolute atomic E-state index is 5.79. The Labute approximate surface area is 120 Å². The number of hydrogen-bond donors (Lipinski definition) is 1. The van der Waals surface area contributed by atoms with E-state index in [9.17, 15) is 0 Å². The first-order valence-corrected chi connectivity index (χ1v) is 7.03. The van der Waals surface area contributed by atoms with Gasteiger partial charge in [-0.1, -0.05) is 19.9 Å². The molecule has 0 bridgehead atoms. The van der Waals surface area contributed by atoms with Gasteiger partial charge in [0.25, 0.3) is 0 Å². The van der Waals surface area contributed by atoms with Crippen LogP contribution >= 0.6 is 0 Å². The number of rotatable bonds is 5. The lowest BCUT2D eigenvalue weighted by atomic mass is 9.98. The lowest BCUT2D eigenvalue weighted by molar-refractivity contribution is 0.266. The predicted molar refractivity (Wildman–Crippen MR) is 80.9 cm³/mol. The van der Waals surface area contributed by atoms with Gasteiger partial charge >= 0.3 is 0 Å². The number of furan rings is 1. The summed E-state index contributed by atoms with van der Waals surface area (Å²) in [5, 5.41) is 0. The van der Waals surface area contributed by atoms with E-state index in [4.69, 9.17) is 14.9 Å². The molecule has 0 aliphatic heterocycles. The van der Waals surface area contributed by atoms with Crippen LogP contribution in [0.5, 0.6) is 5.75 Å². The average molecular weight is 273 g/mol. The molecule has 2 rings (SSSR count). The highest BCUT2D eigenvalue weighted by Crippen LogP contribution is 2.24. The van der Waals surface area contributed by atoms with E-state index in [1.165, 1.54) is 11.1 Å². The first kappa shape index (κ1) is 14.7. The number of ether oxygens (including phenoxy) is 1. The summed E-state index contributed by atoms with van der Waals surface area (Å²) >= 11 is 0. The highest BCUT2D eigenvalue weighted by Gasteiger charge is 2.08. The minimum absolute atomic E-state index is 0.425. The van der Waals surface area contributed by atoms with Gasteiger partial charge < -0.3 is 14.9 Å². The van der Waals surface area contributed by atoms with Gasteiger partial charge in [0.2, 0.25) is 0 Å². The highest BCUT2D eigenvalue weighted by atomic mass is 16.5. The van der Waals surface area contributed by atoms with E-state index >= 15 is 0 Å². The van der Waals surface area contributed by atoms with Gasteiger partial charge in [0.1, 0.15) is 23.9 Å². The molecule has 0 atom stereocenters. The zero-order valence-electron chi connectivity index (χ0n) is 12.7. The van der Waals surface area contributed by atoms with Crippen LogP contribution in [-0.4, -0.2) is 0 Å². The minimum Gasteiger partial charge on any atom is -0.486 e. The third kappa shape index (κ3) is 3.23. The van der Waals surface area contributed by atoms with E-state index in [-0.39, 0.29) is 0 Å². The molecule has 1 aromatic heterocycles. The van der Waals surface area contributed by atoms with Crippen molar-refractivity contribution >= 4 is 0 Å². The summed E-state index contributed by atoms with van der Waals surface area (Å²) in [5.74, 6) is 3.04. The van der Waals surface area contributed by atoms with Crippen LogP contribution in [0.1, 0.15) is 48.0 Å². The highest BCUT2D eigenvalue weighted by molar-refractivity contribution is 5.36. The average Bonchev–Trinajstić information content (AvgIpc) is 2.76. The molecule has 2 aromatic rings. The van der Waals surface area contributed by atoms with Crippen LogP contribution in [0.15, 0.2) is 28.7 Å². The molecule has 20 heavy (non-hydrogen) atoms. The standard InChI is InChI=1S/C17H23NO2/c1-11(2)16-6-5-14(7-12(16)3)19-10-15-8-13(4)17(9-18)20-15/h5-8,11H,9-10,18H2,1-4H3. The summed E-state index contributed by atoms with van der Waals surface area (Å²) in [5.41, 5.74) is 9.30. The summed E-state index contributed by atoms with van der Waals surface area (Å²) in [6, 6.07) is 8.21. The van der Waals surface area contributed by atoms with Gasteiger partial charge in [-0.25, -0.2) is 0 Å². The largest absolute Gasteiger partial charge is 0.486 e. The molecule has 0 unspecified atom stereocenters. The van der Waals surface area contributed by atoms with E-state index in [2.05, 4.69) is 32.9 Å². The molecule has 0 fully saturated rings. The molecule has 0 amide bonds. The fraction of sp³-hybridized carbons (Fsp3) is 0.412. The molecule has 3 heteroatoms. The molecular formula is C17H23NO2. The second-order valence-electron chi connectivity index (χ2n) is 5.48. The topological polar surface area (TPSA) is 48.4 Å². The zero-order chi connectivity index (χ0) is 14.7. The smallest absolute Gasteiger partial charge is 0.146 e. The molecule has 1 aromatic carbocycles. The Hall–Kier alpha value is -1.74. The molecule has 0 saturated carbocycles. The number of aryl methyl sites for hydroxylation is 2. The van der Waals surface area contributed by atoms with Gasteiger partial charge in [-0.05, 0) is 54.7 Å². The van der Waals surface area contributed by atoms with E-state index in [0.29, 0.717) is 19.1 Å². The van der Waals surface area contributed by atoms with Crippen molar-refractivity contribution in [2.75, 3.05) is 0 Å². The molecule has 0 radical (unpaired) electrons. The van der Waals surface area contributed by atoms with E-state index in [0.717, 1.165) is 22.8 Å². The van der Waals surface area contributed by atoms with Crippen molar-refractivity contribution in [3.63, 3.8) is 0 Å². The van der Waals surface area contributed by atoms with Crippen LogP contribution in [-0.2, 0) is 13.2 Å². The SMILES string of the molecule is Cc1cc(OCc2cc(C)c(CN)o2)ccc1C(C)C. The normalized spacial score (nSPS) is 11.1. The van der Waals surface area contributed by atoms with Crippen molar-refractivity contribution in [3.05, 3.63) is 52.5 Å². The second kappa shape index (κ2) is 6.14. The zero-order valence-corrected chi connectivity index (χ0v) is 12.7. The molecule has 0 spiro atoms. The summed E-state index contributed by atoms with van der Waals surface area (Å²) in [6.45, 7) is 9.36. The molecule has 3 nitrogen and oxygen atoms in total. The fourth-order valence-corrected chi connectivity index (χ4v) is 2.40. The lowest BCUT2D eigenvalue weighted by Gasteiger charge is -2.11. The maximum Gasteiger partial charge on any atom is 0.146 e. The van der Waals surface area contributed by atoms with E-state index < -0.39 is 0 Å². The van der Waals surface area contributed by atoms with Crippen molar-refractivity contribution in [1.29, 1.82) is 0 Å². The molecule has 2 N–H and O–H groups in total. The Morgan fingerprint density at radius 1 is 1.15 bits per heavy atom. The van der Waals surface area contributed by atoms with Crippen LogP contribution in [0.25, 0.3) is 0 Å². The van der Waals surface area contributed by atoms with Crippen LogP contribution in [0.3, 0.4) is 0 Å². The molecule has 0 saturated heterocycles. The lowest BCUT2D eigenvalue weighted by Crippen LogP contribution is -1.97. The van der Waals surface area contributed by atoms with Gasteiger partial charge in [-0.3, -0.25) is 0 Å². The van der Waals surface area contributed by atoms with Crippen LogP contribution in [0.4, 0.5) is 0 Å². The number of benzene rings is 1. The monoisotopic (exact) mass is 273 g/mol. The number of nitrogens with two attached hydrogens (primary N) is 1. The van der Waals surface area contributed by atoms with Crippen molar-refractivity contribution < 1.29 is 9.15 Å². The Bertz CT molecular complexity index is 585. The summed E-state index contributed by atoms with van der Waals surface area (Å²) in [6.07, 6.45) is 0. The summed E-state index contributed by atoms with van der Waals surface area (Å²) < 4.78 is 11.4. The quantitative estimate of drug-likeness (QED) is 0.893. The first-order chi connectivity index (χ1) is 9.51. The van der Waals surface area contributed by atoms with Crippen molar-refractivity contribution in [3.8, 4) is 5.75 Å². The predicted octanol–water partition coefficient (Wildman–Crippen LogP) is 4.06. The minimum atomic E-state index is 0.425. The van der Waals surface area contributed by atoms with Crippen LogP contribution in [0, 0.1) is 13.8 Å². The molecule has 0 aliphatic rings. The molecule has 0 aliphatic carbocycles. The van der Waals surface area contributed by atoms with E-state index in [1.54, 1.807) is 0 Å². The van der Waals surface area contributed by atoms with Gasteiger partial charge in [-0.15, -0.1) is 0 Å². The van der Waals surface area contributed by atoms with Gasteiger partial charge in [-0.2, -0.15) is 0 Å². The Morgan fingerprint density at radius 2 is 1.90 bits per heavy atom. The first-order valence-electron chi connectivity index (χ1n) is 7.03. The van der Waals surface area contributed by atoms with Gasteiger partial charge in [0, 0.05) is 0 Å². The van der Waals surface area contributed by atoms with Gasteiger partial charge in [0.15, 0.2) is 0 Å². The van der Waals surface area contributed by atoms with Crippen molar-refractivity contribution in [1.82, 2.24) is 0 Å². The Balaban J connectivity index is 2.05. The fourth-order valence-electron chi connectivity index (χ4n) is 2.40. The van der Waals surface area contributed by atoms with Crippen LogP contribution in [0.2, 0.25) is 0 Å². The Morgan fingerprint density at radius 3 is 2.45 bits per heavy atom. The number of hydrogen-bond acceptors (Lipinski definition) is 3. The third-order valence-corrected chi connectivity index (χ3v) is 3.50. The van der Waals surface area contributed by atoms with Crippen molar-refractivity contribution in [2.24, 2.45) is 5.73 Å². The second-order valence-corrected chi connectivity index (χ2v) is 5.48. The molecule has 1 heterocycles. The summed E-state index contributed by atoms with van der Waals surface area (Å²) in [7, 11) is 0. The van der Waals surface area contributed by atoms with Gasteiger partial charge in [0.05, 0.1) is 6.54 Å². The van der Waals surface area contributed by atoms with Crippen LogP contribution < -0.4 is 10.5 Å². The van der Waals surface area contributed by atoms with E-state index in [1.807, 2.05) is 19.1 Å². The Kier molecular flexibility index (Phi) is 4.50. The molecule has 108 valence electrons. The maximum atomic E-state index is 5.79. The molecular weight excluding hydrogens is 250 g/mol. The van der Waals surface area contributed by atoms with Crippen molar-refractivity contribution in [2.45, 2.75) is 46.8 Å². The summed E-state index contributed by atoms with van der Waals surface area (Å²) in [4.78, 5) is 0.